The lowest BCUT2D eigenvalue weighted by Gasteiger charge is -2.28. The number of hydrogen-bond donors (Lipinski definition) is 1. The van der Waals surface area contributed by atoms with E-state index < -0.39 is 5.97 Å². The molecule has 0 heterocycles. The highest BCUT2D eigenvalue weighted by atomic mass is 16.4. The Morgan fingerprint density at radius 3 is 2.35 bits per heavy atom. The van der Waals surface area contributed by atoms with E-state index in [0.717, 1.165) is 24.1 Å². The average molecular weight is 235 g/mol. The van der Waals surface area contributed by atoms with E-state index in [9.17, 15) is 4.79 Å². The Morgan fingerprint density at radius 1 is 1.35 bits per heavy atom. The fourth-order valence-corrected chi connectivity index (χ4v) is 2.15. The van der Waals surface area contributed by atoms with E-state index in [1.807, 2.05) is 19.1 Å². The van der Waals surface area contributed by atoms with Gasteiger partial charge in [0.1, 0.15) is 0 Å². The van der Waals surface area contributed by atoms with Crippen LogP contribution in [-0.4, -0.2) is 24.2 Å². The van der Waals surface area contributed by atoms with Gasteiger partial charge in [-0.15, -0.1) is 0 Å². The maximum Gasteiger partial charge on any atom is 0.335 e. The highest BCUT2D eigenvalue weighted by Gasteiger charge is 2.13. The average Bonchev–Trinajstić information content (AvgIpc) is 2.29. The molecule has 1 aromatic carbocycles. The minimum Gasteiger partial charge on any atom is -0.478 e. The van der Waals surface area contributed by atoms with Gasteiger partial charge in [-0.1, -0.05) is 13.8 Å². The summed E-state index contributed by atoms with van der Waals surface area (Å²) in [5, 5.41) is 8.98. The van der Waals surface area contributed by atoms with Crippen molar-refractivity contribution in [1.82, 2.24) is 0 Å². The van der Waals surface area contributed by atoms with Gasteiger partial charge < -0.3 is 10.0 Å². The van der Waals surface area contributed by atoms with Crippen LogP contribution in [0.4, 0.5) is 5.69 Å². The first kappa shape index (κ1) is 13.6. The summed E-state index contributed by atoms with van der Waals surface area (Å²) in [5.74, 6) is -0.862. The van der Waals surface area contributed by atoms with Crippen LogP contribution in [0.2, 0.25) is 0 Å². The molecule has 0 aromatic heterocycles. The first-order valence-corrected chi connectivity index (χ1v) is 6.08. The zero-order valence-electron chi connectivity index (χ0n) is 11.0. The van der Waals surface area contributed by atoms with Gasteiger partial charge in [0.25, 0.3) is 0 Å². The van der Waals surface area contributed by atoms with Crippen LogP contribution in [0, 0.1) is 6.92 Å². The molecule has 1 N–H and O–H groups in total. The summed E-state index contributed by atoms with van der Waals surface area (Å²) in [6.07, 6.45) is 2.18. The van der Waals surface area contributed by atoms with Crippen molar-refractivity contribution in [2.75, 3.05) is 11.9 Å². The number of nitrogens with zero attached hydrogens (tertiary/aromatic N) is 1. The Hall–Kier alpha value is -1.51. The van der Waals surface area contributed by atoms with Crippen LogP contribution in [0.3, 0.4) is 0 Å². The molecule has 0 aliphatic rings. The van der Waals surface area contributed by atoms with E-state index in [2.05, 4.69) is 25.8 Å². The third kappa shape index (κ3) is 2.99. The maximum absolute atomic E-state index is 10.9. The number of carboxylic acids is 1. The maximum atomic E-state index is 10.9. The minimum atomic E-state index is -0.862. The standard InChI is InChI=1S/C14H21NO2/c1-5-11(6-2)15(4)12-7-8-13(14(16)17)10(3)9-12/h7-9,11H,5-6H2,1-4H3,(H,16,17). The summed E-state index contributed by atoms with van der Waals surface area (Å²) in [7, 11) is 2.06. The number of benzene rings is 1. The minimum absolute atomic E-state index is 0.381. The van der Waals surface area contributed by atoms with E-state index in [1.54, 1.807) is 6.07 Å². The lowest BCUT2D eigenvalue weighted by atomic mass is 10.1. The zero-order chi connectivity index (χ0) is 13.0. The van der Waals surface area contributed by atoms with Crippen LogP contribution >= 0.6 is 0 Å². The molecule has 0 saturated heterocycles. The van der Waals surface area contributed by atoms with Gasteiger partial charge in [0.2, 0.25) is 0 Å². The number of rotatable bonds is 5. The van der Waals surface area contributed by atoms with Crippen molar-refractivity contribution in [3.8, 4) is 0 Å². The number of hydrogen-bond acceptors (Lipinski definition) is 2. The second kappa shape index (κ2) is 5.71. The second-order valence-electron chi connectivity index (χ2n) is 4.39. The molecule has 0 radical (unpaired) electrons. The van der Waals surface area contributed by atoms with Crippen LogP contribution in [0.15, 0.2) is 18.2 Å². The predicted molar refractivity (Wildman–Crippen MR) is 70.9 cm³/mol. The SMILES string of the molecule is CCC(CC)N(C)c1ccc(C(=O)O)c(C)c1. The van der Waals surface area contributed by atoms with Gasteiger partial charge in [0, 0.05) is 18.8 Å². The van der Waals surface area contributed by atoms with Crippen molar-refractivity contribution in [1.29, 1.82) is 0 Å². The quantitative estimate of drug-likeness (QED) is 0.851. The molecule has 0 saturated carbocycles. The predicted octanol–water partition coefficient (Wildman–Crippen LogP) is 3.32. The highest BCUT2D eigenvalue weighted by Crippen LogP contribution is 2.22. The lowest BCUT2D eigenvalue weighted by Crippen LogP contribution is -2.30. The van der Waals surface area contributed by atoms with Gasteiger partial charge in [-0.2, -0.15) is 0 Å². The number of anilines is 1. The van der Waals surface area contributed by atoms with Gasteiger partial charge in [0.15, 0.2) is 0 Å². The van der Waals surface area contributed by atoms with Crippen LogP contribution in [0.25, 0.3) is 0 Å². The molecule has 1 aromatic rings. The molecule has 1 rings (SSSR count). The summed E-state index contributed by atoms with van der Waals surface area (Å²) >= 11 is 0. The van der Waals surface area contributed by atoms with Crippen LogP contribution in [-0.2, 0) is 0 Å². The Morgan fingerprint density at radius 2 is 1.94 bits per heavy atom. The summed E-state index contributed by atoms with van der Waals surface area (Å²) in [6.45, 7) is 6.18. The van der Waals surface area contributed by atoms with Gasteiger partial charge >= 0.3 is 5.97 Å². The Kier molecular flexibility index (Phi) is 4.55. The largest absolute Gasteiger partial charge is 0.478 e. The lowest BCUT2D eigenvalue weighted by molar-refractivity contribution is 0.0696. The normalized spacial score (nSPS) is 10.6. The van der Waals surface area contributed by atoms with Gasteiger partial charge in [-0.25, -0.2) is 4.79 Å². The molecular formula is C14H21NO2. The monoisotopic (exact) mass is 235 g/mol. The van der Waals surface area contributed by atoms with E-state index in [1.165, 1.54) is 0 Å². The molecule has 0 amide bonds. The number of carbonyl (C=O) groups is 1. The highest BCUT2D eigenvalue weighted by molar-refractivity contribution is 5.89. The van der Waals surface area contributed by atoms with Gasteiger partial charge in [0.05, 0.1) is 5.56 Å². The molecule has 3 heteroatoms. The van der Waals surface area contributed by atoms with Crippen LogP contribution < -0.4 is 4.90 Å². The Labute approximate surface area is 103 Å². The van der Waals surface area contributed by atoms with Crippen molar-refractivity contribution in [2.24, 2.45) is 0 Å². The molecule has 94 valence electrons. The molecule has 0 aliphatic carbocycles. The summed E-state index contributed by atoms with van der Waals surface area (Å²) in [5.41, 5.74) is 2.28. The van der Waals surface area contributed by atoms with Crippen molar-refractivity contribution in [3.63, 3.8) is 0 Å². The van der Waals surface area contributed by atoms with Crippen molar-refractivity contribution < 1.29 is 9.90 Å². The van der Waals surface area contributed by atoms with Crippen molar-refractivity contribution >= 4 is 11.7 Å². The molecule has 0 atom stereocenters. The van der Waals surface area contributed by atoms with Crippen molar-refractivity contribution in [3.05, 3.63) is 29.3 Å². The number of carboxylic acid groups (broad SMARTS) is 1. The Balaban J connectivity index is 3.00. The fourth-order valence-electron chi connectivity index (χ4n) is 2.15. The molecule has 0 unspecified atom stereocenters. The molecule has 3 nitrogen and oxygen atoms in total. The smallest absolute Gasteiger partial charge is 0.335 e. The van der Waals surface area contributed by atoms with E-state index in [-0.39, 0.29) is 0 Å². The van der Waals surface area contributed by atoms with Gasteiger partial charge in [-0.3, -0.25) is 0 Å². The molecule has 0 bridgehead atoms. The van der Waals surface area contributed by atoms with E-state index in [0.29, 0.717) is 11.6 Å². The second-order valence-corrected chi connectivity index (χ2v) is 4.39. The molecule has 0 spiro atoms. The molecule has 17 heavy (non-hydrogen) atoms. The third-order valence-corrected chi connectivity index (χ3v) is 3.34. The number of aromatic carboxylic acids is 1. The summed E-state index contributed by atoms with van der Waals surface area (Å²) in [4.78, 5) is 13.2. The first-order chi connectivity index (χ1) is 8.01. The van der Waals surface area contributed by atoms with Crippen LogP contribution in [0.5, 0.6) is 0 Å². The Bertz CT molecular complexity index is 397. The molecule has 0 fully saturated rings. The van der Waals surface area contributed by atoms with Crippen molar-refractivity contribution in [2.45, 2.75) is 39.7 Å². The number of aryl methyl sites for hydroxylation is 1. The summed E-state index contributed by atoms with van der Waals surface area (Å²) in [6, 6.07) is 6.02. The zero-order valence-corrected chi connectivity index (χ0v) is 11.0. The molecular weight excluding hydrogens is 214 g/mol. The molecule has 0 aliphatic heterocycles. The fraction of sp³-hybridized carbons (Fsp3) is 0.500. The van der Waals surface area contributed by atoms with Gasteiger partial charge in [-0.05, 0) is 43.5 Å². The summed E-state index contributed by atoms with van der Waals surface area (Å²) < 4.78 is 0. The van der Waals surface area contributed by atoms with Crippen LogP contribution in [0.1, 0.15) is 42.6 Å². The topological polar surface area (TPSA) is 40.5 Å². The van der Waals surface area contributed by atoms with E-state index >= 15 is 0 Å². The third-order valence-electron chi connectivity index (χ3n) is 3.34. The van der Waals surface area contributed by atoms with E-state index in [4.69, 9.17) is 5.11 Å². The first-order valence-electron chi connectivity index (χ1n) is 6.08.